The summed E-state index contributed by atoms with van der Waals surface area (Å²) >= 11 is 1.07. The highest BCUT2D eigenvalue weighted by Gasteiger charge is 2.32. The summed E-state index contributed by atoms with van der Waals surface area (Å²) in [5, 5.41) is 19.0. The third-order valence-electron chi connectivity index (χ3n) is 3.01. The van der Waals surface area contributed by atoms with E-state index in [0.29, 0.717) is 17.5 Å². The van der Waals surface area contributed by atoms with Gasteiger partial charge in [0, 0.05) is 0 Å². The first kappa shape index (κ1) is 17.0. The van der Waals surface area contributed by atoms with E-state index in [2.05, 4.69) is 15.5 Å². The number of nitrogens with one attached hydrogen (secondary N) is 1. The Morgan fingerprint density at radius 2 is 2.09 bits per heavy atom. The first-order valence-electron chi connectivity index (χ1n) is 7.04. The van der Waals surface area contributed by atoms with Crippen LogP contribution in [0, 0.1) is 0 Å². The van der Waals surface area contributed by atoms with Crippen LogP contribution in [0.4, 0.5) is 0 Å². The average molecular weight is 335 g/mol. The van der Waals surface area contributed by atoms with Gasteiger partial charge in [0.25, 0.3) is 0 Å². The number of carboxylic acids is 1. The maximum absolute atomic E-state index is 11.6. The standard InChI is InChI=1S/C15H17N3O4S/c1-3-22-11-6-4-10(5-7-11)9(2)17-18-15-16-14(21)12(23-15)8-13(19)20/h4-7,12H,3,8H2,1-2H3,(H,19,20)(H,16,18,21)/b17-9-/t12-/m1/s1. The van der Waals surface area contributed by atoms with Gasteiger partial charge in [0.2, 0.25) is 5.91 Å². The molecule has 0 saturated carbocycles. The third-order valence-corrected chi connectivity index (χ3v) is 4.08. The highest BCUT2D eigenvalue weighted by molar-refractivity contribution is 8.15. The second-order valence-corrected chi connectivity index (χ2v) is 5.93. The minimum absolute atomic E-state index is 0.239. The Morgan fingerprint density at radius 3 is 2.70 bits per heavy atom. The molecule has 0 aliphatic carbocycles. The molecule has 122 valence electrons. The summed E-state index contributed by atoms with van der Waals surface area (Å²) in [6.45, 7) is 4.33. The number of thioether (sulfide) groups is 1. The number of ether oxygens (including phenoxy) is 1. The van der Waals surface area contributed by atoms with Crippen molar-refractivity contribution in [2.45, 2.75) is 25.5 Å². The van der Waals surface area contributed by atoms with Crippen molar-refractivity contribution < 1.29 is 19.4 Å². The van der Waals surface area contributed by atoms with Gasteiger partial charge in [-0.15, -0.1) is 5.10 Å². The van der Waals surface area contributed by atoms with Crippen LogP contribution < -0.4 is 10.1 Å². The average Bonchev–Trinajstić information content (AvgIpc) is 2.85. The first-order valence-corrected chi connectivity index (χ1v) is 7.92. The molecule has 1 aromatic rings. The number of aliphatic carboxylic acids is 1. The lowest BCUT2D eigenvalue weighted by molar-refractivity contribution is -0.138. The normalized spacial score (nSPS) is 19.7. The fourth-order valence-corrected chi connectivity index (χ4v) is 2.79. The SMILES string of the molecule is CCOc1ccc(/C(C)=N\N=C2\NC(=O)[C@@H](CC(=O)O)S2)cc1. The number of carboxylic acid groups (broad SMARTS) is 1. The summed E-state index contributed by atoms with van der Waals surface area (Å²) in [5.74, 6) is -0.594. The van der Waals surface area contributed by atoms with Gasteiger partial charge in [-0.25, -0.2) is 0 Å². The molecule has 2 rings (SSSR count). The van der Waals surface area contributed by atoms with Gasteiger partial charge < -0.3 is 15.2 Å². The molecule has 8 heteroatoms. The smallest absolute Gasteiger partial charge is 0.305 e. The molecule has 1 atom stereocenters. The lowest BCUT2D eigenvalue weighted by atomic mass is 10.1. The van der Waals surface area contributed by atoms with Gasteiger partial charge in [-0.05, 0) is 43.7 Å². The molecule has 1 heterocycles. The molecule has 0 aromatic heterocycles. The van der Waals surface area contributed by atoms with Crippen LogP contribution in [0.25, 0.3) is 0 Å². The number of carbonyl (C=O) groups excluding carboxylic acids is 1. The van der Waals surface area contributed by atoms with Crippen molar-refractivity contribution in [3.63, 3.8) is 0 Å². The predicted molar refractivity (Wildman–Crippen MR) is 89.0 cm³/mol. The molecule has 1 amide bonds. The molecular formula is C15H17N3O4S. The van der Waals surface area contributed by atoms with E-state index in [1.54, 1.807) is 6.92 Å². The van der Waals surface area contributed by atoms with Crippen molar-refractivity contribution in [3.05, 3.63) is 29.8 Å². The highest BCUT2D eigenvalue weighted by Crippen LogP contribution is 2.22. The Morgan fingerprint density at radius 1 is 1.39 bits per heavy atom. The van der Waals surface area contributed by atoms with Crippen molar-refractivity contribution >= 4 is 34.5 Å². The fraction of sp³-hybridized carbons (Fsp3) is 0.333. The molecule has 1 aromatic carbocycles. The minimum atomic E-state index is -1.02. The van der Waals surface area contributed by atoms with E-state index in [-0.39, 0.29) is 12.3 Å². The van der Waals surface area contributed by atoms with E-state index in [4.69, 9.17) is 9.84 Å². The number of hydrogen-bond donors (Lipinski definition) is 2. The van der Waals surface area contributed by atoms with E-state index in [0.717, 1.165) is 23.1 Å². The first-order chi connectivity index (χ1) is 11.0. The molecule has 23 heavy (non-hydrogen) atoms. The fourth-order valence-electron chi connectivity index (χ4n) is 1.88. The molecule has 1 aliphatic rings. The second kappa shape index (κ2) is 7.77. The van der Waals surface area contributed by atoms with Crippen LogP contribution in [0.15, 0.2) is 34.5 Å². The number of nitrogens with zero attached hydrogens (tertiary/aromatic N) is 2. The van der Waals surface area contributed by atoms with E-state index >= 15 is 0 Å². The van der Waals surface area contributed by atoms with Crippen molar-refractivity contribution in [1.29, 1.82) is 0 Å². The molecule has 1 aliphatic heterocycles. The van der Waals surface area contributed by atoms with Crippen molar-refractivity contribution in [3.8, 4) is 5.75 Å². The largest absolute Gasteiger partial charge is 0.494 e. The number of benzene rings is 1. The molecule has 0 unspecified atom stereocenters. The lowest BCUT2D eigenvalue weighted by Gasteiger charge is -2.04. The molecule has 1 fully saturated rings. The van der Waals surface area contributed by atoms with E-state index < -0.39 is 11.2 Å². The topological polar surface area (TPSA) is 100 Å². The summed E-state index contributed by atoms with van der Waals surface area (Å²) in [5.41, 5.74) is 1.56. The van der Waals surface area contributed by atoms with Gasteiger partial charge >= 0.3 is 5.97 Å². The Hall–Kier alpha value is -2.35. The maximum atomic E-state index is 11.6. The summed E-state index contributed by atoms with van der Waals surface area (Å²) in [6, 6.07) is 7.44. The van der Waals surface area contributed by atoms with Crippen molar-refractivity contribution in [1.82, 2.24) is 5.32 Å². The van der Waals surface area contributed by atoms with Crippen LogP contribution in [0.5, 0.6) is 5.75 Å². The van der Waals surface area contributed by atoms with Crippen molar-refractivity contribution in [2.75, 3.05) is 6.61 Å². The molecular weight excluding hydrogens is 318 g/mol. The van der Waals surface area contributed by atoms with Crippen LogP contribution in [-0.4, -0.2) is 39.7 Å². The zero-order valence-corrected chi connectivity index (χ0v) is 13.6. The van der Waals surface area contributed by atoms with Gasteiger partial charge in [0.05, 0.1) is 18.7 Å². The Balaban J connectivity index is 2.03. The number of carbonyl (C=O) groups is 2. The minimum Gasteiger partial charge on any atom is -0.494 e. The highest BCUT2D eigenvalue weighted by atomic mass is 32.2. The summed E-state index contributed by atoms with van der Waals surface area (Å²) in [6.07, 6.45) is -0.239. The van der Waals surface area contributed by atoms with Crippen LogP contribution in [0.2, 0.25) is 0 Å². The van der Waals surface area contributed by atoms with E-state index in [9.17, 15) is 9.59 Å². The van der Waals surface area contributed by atoms with Gasteiger partial charge in [0.1, 0.15) is 11.0 Å². The summed E-state index contributed by atoms with van der Waals surface area (Å²) in [7, 11) is 0. The number of hydrogen-bond acceptors (Lipinski definition) is 6. The van der Waals surface area contributed by atoms with Gasteiger partial charge in [0.15, 0.2) is 5.17 Å². The number of rotatable bonds is 6. The Bertz CT molecular complexity index is 655. The van der Waals surface area contributed by atoms with Crippen LogP contribution in [-0.2, 0) is 9.59 Å². The van der Waals surface area contributed by atoms with Crippen molar-refractivity contribution in [2.24, 2.45) is 10.2 Å². The van der Waals surface area contributed by atoms with Crippen LogP contribution in [0.3, 0.4) is 0 Å². The van der Waals surface area contributed by atoms with Crippen LogP contribution >= 0.6 is 11.8 Å². The predicted octanol–water partition coefficient (Wildman–Crippen LogP) is 1.87. The molecule has 7 nitrogen and oxygen atoms in total. The maximum Gasteiger partial charge on any atom is 0.305 e. The number of amidine groups is 1. The molecule has 1 saturated heterocycles. The van der Waals surface area contributed by atoms with E-state index in [1.165, 1.54) is 0 Å². The summed E-state index contributed by atoms with van der Waals surface area (Å²) < 4.78 is 5.37. The van der Waals surface area contributed by atoms with E-state index in [1.807, 2.05) is 31.2 Å². The number of amides is 1. The van der Waals surface area contributed by atoms with Crippen LogP contribution in [0.1, 0.15) is 25.8 Å². The zero-order chi connectivity index (χ0) is 16.8. The lowest BCUT2D eigenvalue weighted by Crippen LogP contribution is -2.26. The third kappa shape index (κ3) is 4.82. The van der Waals surface area contributed by atoms with Gasteiger partial charge in [-0.2, -0.15) is 5.10 Å². The molecule has 0 radical (unpaired) electrons. The monoisotopic (exact) mass is 335 g/mol. The quantitative estimate of drug-likeness (QED) is 0.610. The zero-order valence-electron chi connectivity index (χ0n) is 12.8. The molecule has 0 spiro atoms. The molecule has 0 bridgehead atoms. The Labute approximate surface area is 137 Å². The van der Waals surface area contributed by atoms with Gasteiger partial charge in [-0.1, -0.05) is 11.8 Å². The second-order valence-electron chi connectivity index (χ2n) is 4.74. The molecule has 2 N–H and O–H groups in total. The van der Waals surface area contributed by atoms with Gasteiger partial charge in [-0.3, -0.25) is 9.59 Å². The Kier molecular flexibility index (Phi) is 5.75. The summed E-state index contributed by atoms with van der Waals surface area (Å²) in [4.78, 5) is 22.3.